The molecule has 0 unspecified atom stereocenters. The molecule has 0 aliphatic rings. The molecule has 0 aliphatic heterocycles. The minimum Gasteiger partial charge on any atom is -0.456 e. The molecule has 192 valence electrons. The minimum absolute atomic E-state index is 0.710. The first-order chi connectivity index (χ1) is 20.3. The van der Waals surface area contributed by atoms with Crippen molar-refractivity contribution in [2.24, 2.45) is 0 Å². The number of para-hydroxylation sites is 2. The highest BCUT2D eigenvalue weighted by Gasteiger charge is 2.14. The molecule has 6 aromatic carbocycles. The second-order valence-electron chi connectivity index (χ2n) is 10.2. The first-order valence-electron chi connectivity index (χ1n) is 13.8. The summed E-state index contributed by atoms with van der Waals surface area (Å²) in [5.74, 6) is 0.710. The van der Waals surface area contributed by atoms with Crippen LogP contribution in [0.1, 0.15) is 0 Å². The molecular formula is C38H24N2O. The van der Waals surface area contributed by atoms with E-state index in [1.165, 1.54) is 5.56 Å². The van der Waals surface area contributed by atoms with Crippen molar-refractivity contribution in [2.75, 3.05) is 0 Å². The summed E-state index contributed by atoms with van der Waals surface area (Å²) in [4.78, 5) is 10.1. The molecule has 0 bridgehead atoms. The quantitative estimate of drug-likeness (QED) is 0.230. The van der Waals surface area contributed by atoms with Crippen LogP contribution < -0.4 is 0 Å². The summed E-state index contributed by atoms with van der Waals surface area (Å²) >= 11 is 0. The standard InChI is InChI=1S/C38H24N2O/c1-2-10-25(11-3-1)28-12-8-13-29(24-28)37-31-14-4-6-17-33(31)39-38(40-37)27-22-20-26(21-23-27)30-16-9-19-35-36(30)32-15-5-7-18-34(32)41-35/h1-24H. The molecule has 3 nitrogen and oxygen atoms in total. The lowest BCUT2D eigenvalue weighted by molar-refractivity contribution is 0.669. The van der Waals surface area contributed by atoms with Crippen LogP contribution in [0.15, 0.2) is 150 Å². The Bertz CT molecular complexity index is 2200. The van der Waals surface area contributed by atoms with E-state index in [4.69, 9.17) is 14.4 Å². The van der Waals surface area contributed by atoms with Gasteiger partial charge in [-0.2, -0.15) is 0 Å². The van der Waals surface area contributed by atoms with Crippen LogP contribution >= 0.6 is 0 Å². The number of benzene rings is 6. The van der Waals surface area contributed by atoms with Crippen molar-refractivity contribution in [3.05, 3.63) is 146 Å². The molecule has 0 spiro atoms. The van der Waals surface area contributed by atoms with Crippen LogP contribution in [0.4, 0.5) is 0 Å². The second-order valence-corrected chi connectivity index (χ2v) is 10.2. The maximum Gasteiger partial charge on any atom is 0.160 e. The summed E-state index contributed by atoms with van der Waals surface area (Å²) in [5.41, 5.74) is 10.3. The molecule has 3 heteroatoms. The zero-order valence-electron chi connectivity index (χ0n) is 22.2. The SMILES string of the molecule is c1ccc(-c2cccc(-c3nc(-c4ccc(-c5cccc6oc7ccccc7c56)cc4)nc4ccccc34)c2)cc1. The zero-order valence-corrected chi connectivity index (χ0v) is 22.2. The molecule has 41 heavy (non-hydrogen) atoms. The molecule has 0 aliphatic carbocycles. The van der Waals surface area contributed by atoms with Crippen LogP contribution in [0.5, 0.6) is 0 Å². The van der Waals surface area contributed by atoms with Gasteiger partial charge >= 0.3 is 0 Å². The van der Waals surface area contributed by atoms with E-state index in [1.54, 1.807) is 0 Å². The van der Waals surface area contributed by atoms with Crippen LogP contribution in [0.25, 0.3) is 77.7 Å². The van der Waals surface area contributed by atoms with Crippen molar-refractivity contribution in [2.45, 2.75) is 0 Å². The van der Waals surface area contributed by atoms with Gasteiger partial charge in [-0.15, -0.1) is 0 Å². The fraction of sp³-hybridized carbons (Fsp3) is 0. The van der Waals surface area contributed by atoms with E-state index in [0.29, 0.717) is 5.82 Å². The van der Waals surface area contributed by atoms with Gasteiger partial charge in [-0.3, -0.25) is 0 Å². The van der Waals surface area contributed by atoms with Crippen molar-refractivity contribution in [3.63, 3.8) is 0 Å². The summed E-state index contributed by atoms with van der Waals surface area (Å²) < 4.78 is 6.12. The highest BCUT2D eigenvalue weighted by Crippen LogP contribution is 2.37. The average molecular weight is 525 g/mol. The lowest BCUT2D eigenvalue weighted by Gasteiger charge is -2.11. The third-order valence-corrected chi connectivity index (χ3v) is 7.70. The van der Waals surface area contributed by atoms with E-state index in [-0.39, 0.29) is 0 Å². The van der Waals surface area contributed by atoms with Crippen LogP contribution in [0.3, 0.4) is 0 Å². The van der Waals surface area contributed by atoms with Crippen molar-refractivity contribution in [3.8, 4) is 44.9 Å². The Morgan fingerprint density at radius 2 is 1.07 bits per heavy atom. The third-order valence-electron chi connectivity index (χ3n) is 7.70. The van der Waals surface area contributed by atoms with E-state index < -0.39 is 0 Å². The van der Waals surface area contributed by atoms with Gasteiger partial charge in [-0.25, -0.2) is 9.97 Å². The van der Waals surface area contributed by atoms with E-state index >= 15 is 0 Å². The summed E-state index contributed by atoms with van der Waals surface area (Å²) in [7, 11) is 0. The molecule has 2 heterocycles. The summed E-state index contributed by atoms with van der Waals surface area (Å²) in [5, 5.41) is 3.30. The normalized spacial score (nSPS) is 11.4. The van der Waals surface area contributed by atoms with Gasteiger partial charge in [0.05, 0.1) is 11.2 Å². The lowest BCUT2D eigenvalue weighted by Crippen LogP contribution is -1.95. The molecule has 0 amide bonds. The van der Waals surface area contributed by atoms with Crippen LogP contribution in [-0.4, -0.2) is 9.97 Å². The Morgan fingerprint density at radius 1 is 0.415 bits per heavy atom. The summed E-state index contributed by atoms with van der Waals surface area (Å²) in [6, 6.07) is 50.3. The number of aromatic nitrogens is 2. The first kappa shape index (κ1) is 23.4. The maximum atomic E-state index is 6.12. The van der Waals surface area contributed by atoms with Gasteiger partial charge < -0.3 is 4.42 Å². The number of furan rings is 1. The highest BCUT2D eigenvalue weighted by atomic mass is 16.3. The smallest absolute Gasteiger partial charge is 0.160 e. The van der Waals surface area contributed by atoms with Crippen LogP contribution in [0.2, 0.25) is 0 Å². The van der Waals surface area contributed by atoms with Crippen LogP contribution in [-0.2, 0) is 0 Å². The van der Waals surface area contributed by atoms with Gasteiger partial charge in [0.15, 0.2) is 5.82 Å². The number of hydrogen-bond acceptors (Lipinski definition) is 3. The van der Waals surface area contributed by atoms with Gasteiger partial charge in [0, 0.05) is 27.3 Å². The largest absolute Gasteiger partial charge is 0.456 e. The fourth-order valence-electron chi connectivity index (χ4n) is 5.72. The van der Waals surface area contributed by atoms with Crippen molar-refractivity contribution >= 4 is 32.8 Å². The van der Waals surface area contributed by atoms with Crippen molar-refractivity contribution < 1.29 is 4.42 Å². The molecular weight excluding hydrogens is 500 g/mol. The van der Waals surface area contributed by atoms with E-state index in [9.17, 15) is 0 Å². The molecule has 0 saturated carbocycles. The number of rotatable bonds is 4. The maximum absolute atomic E-state index is 6.12. The lowest BCUT2D eigenvalue weighted by atomic mass is 9.98. The number of hydrogen-bond donors (Lipinski definition) is 0. The Hall–Kier alpha value is -5.54. The fourth-order valence-corrected chi connectivity index (χ4v) is 5.72. The van der Waals surface area contributed by atoms with Crippen molar-refractivity contribution in [1.82, 2.24) is 9.97 Å². The number of nitrogens with zero attached hydrogens (tertiary/aromatic N) is 2. The first-order valence-corrected chi connectivity index (χ1v) is 13.8. The molecule has 0 radical (unpaired) electrons. The molecule has 8 rings (SSSR count). The van der Waals surface area contributed by atoms with E-state index in [1.807, 2.05) is 36.4 Å². The minimum atomic E-state index is 0.710. The molecule has 0 fully saturated rings. The monoisotopic (exact) mass is 524 g/mol. The number of fused-ring (bicyclic) bond motifs is 4. The molecule has 8 aromatic rings. The van der Waals surface area contributed by atoms with Gasteiger partial charge in [0.1, 0.15) is 11.2 Å². The Balaban J connectivity index is 1.24. The predicted molar refractivity (Wildman–Crippen MR) is 169 cm³/mol. The zero-order chi connectivity index (χ0) is 27.2. The van der Waals surface area contributed by atoms with Gasteiger partial charge in [0.2, 0.25) is 0 Å². The summed E-state index contributed by atoms with van der Waals surface area (Å²) in [6.45, 7) is 0. The van der Waals surface area contributed by atoms with Gasteiger partial charge in [-0.1, -0.05) is 121 Å². The Labute approximate surface area is 237 Å². The average Bonchev–Trinajstić information content (AvgIpc) is 3.44. The predicted octanol–water partition coefficient (Wildman–Crippen LogP) is 10.2. The van der Waals surface area contributed by atoms with Gasteiger partial charge in [0.25, 0.3) is 0 Å². The van der Waals surface area contributed by atoms with E-state index in [2.05, 4.69) is 109 Å². The Kier molecular flexibility index (Phi) is 5.46. The highest BCUT2D eigenvalue weighted by molar-refractivity contribution is 6.12. The summed E-state index contributed by atoms with van der Waals surface area (Å²) in [6.07, 6.45) is 0. The Morgan fingerprint density at radius 3 is 1.95 bits per heavy atom. The molecule has 0 N–H and O–H groups in total. The van der Waals surface area contributed by atoms with Gasteiger partial charge in [-0.05, 0) is 46.5 Å². The second kappa shape index (κ2) is 9.58. The van der Waals surface area contributed by atoms with Crippen molar-refractivity contribution in [1.29, 1.82) is 0 Å². The van der Waals surface area contributed by atoms with Crippen LogP contribution in [0, 0.1) is 0 Å². The third kappa shape index (κ3) is 4.07. The van der Waals surface area contributed by atoms with E-state index in [0.717, 1.165) is 66.4 Å². The topological polar surface area (TPSA) is 38.9 Å². The molecule has 0 saturated heterocycles. The molecule has 0 atom stereocenters. The molecule has 2 aromatic heterocycles.